The molecule has 4 heteroatoms. The molecule has 0 saturated carbocycles. The molecule has 0 fully saturated rings. The molecule has 20 heavy (non-hydrogen) atoms. The van der Waals surface area contributed by atoms with Crippen molar-refractivity contribution in [2.45, 2.75) is 27.2 Å². The third kappa shape index (κ3) is 3.83. The van der Waals surface area contributed by atoms with Crippen LogP contribution in [0.2, 0.25) is 0 Å². The SMILES string of the molecule is COc1ccc(N=C(CC2=NCCO2)C(C)(C)C)cc1. The second kappa shape index (κ2) is 6.07. The van der Waals surface area contributed by atoms with E-state index in [9.17, 15) is 0 Å². The molecule has 1 aliphatic rings. The maximum atomic E-state index is 5.50. The summed E-state index contributed by atoms with van der Waals surface area (Å²) >= 11 is 0. The van der Waals surface area contributed by atoms with Gasteiger partial charge in [-0.2, -0.15) is 0 Å². The van der Waals surface area contributed by atoms with Crippen molar-refractivity contribution in [3.05, 3.63) is 24.3 Å². The second-order valence-electron chi connectivity index (χ2n) is 5.81. The summed E-state index contributed by atoms with van der Waals surface area (Å²) in [7, 11) is 1.66. The van der Waals surface area contributed by atoms with Crippen LogP contribution in [0.4, 0.5) is 5.69 Å². The topological polar surface area (TPSA) is 43.2 Å². The highest BCUT2D eigenvalue weighted by molar-refractivity contribution is 6.04. The lowest BCUT2D eigenvalue weighted by Crippen LogP contribution is -2.23. The van der Waals surface area contributed by atoms with Crippen molar-refractivity contribution in [3.8, 4) is 5.75 Å². The molecule has 0 radical (unpaired) electrons. The average Bonchev–Trinajstić information content (AvgIpc) is 2.91. The van der Waals surface area contributed by atoms with Gasteiger partial charge >= 0.3 is 0 Å². The van der Waals surface area contributed by atoms with E-state index in [2.05, 4.69) is 25.8 Å². The van der Waals surface area contributed by atoms with Gasteiger partial charge in [-0.25, -0.2) is 0 Å². The van der Waals surface area contributed by atoms with Crippen molar-refractivity contribution < 1.29 is 9.47 Å². The number of nitrogens with zero attached hydrogens (tertiary/aromatic N) is 2. The van der Waals surface area contributed by atoms with Gasteiger partial charge in [0.2, 0.25) is 0 Å². The Labute approximate surface area is 120 Å². The van der Waals surface area contributed by atoms with Gasteiger partial charge < -0.3 is 9.47 Å². The second-order valence-corrected chi connectivity index (χ2v) is 5.81. The molecular weight excluding hydrogens is 252 g/mol. The van der Waals surface area contributed by atoms with Gasteiger partial charge in [0, 0.05) is 11.1 Å². The van der Waals surface area contributed by atoms with Crippen molar-refractivity contribution in [2.24, 2.45) is 15.4 Å². The molecule has 2 rings (SSSR count). The largest absolute Gasteiger partial charge is 0.497 e. The number of aliphatic imine (C=N–C) groups is 2. The average molecular weight is 274 g/mol. The van der Waals surface area contributed by atoms with Gasteiger partial charge in [-0.05, 0) is 24.3 Å². The van der Waals surface area contributed by atoms with Crippen LogP contribution in [-0.4, -0.2) is 31.9 Å². The van der Waals surface area contributed by atoms with Crippen molar-refractivity contribution in [3.63, 3.8) is 0 Å². The van der Waals surface area contributed by atoms with Gasteiger partial charge in [0.1, 0.15) is 12.4 Å². The third-order valence-corrected chi connectivity index (χ3v) is 3.17. The Bertz CT molecular complexity index is 510. The van der Waals surface area contributed by atoms with Crippen LogP contribution in [0.25, 0.3) is 0 Å². The predicted octanol–water partition coefficient (Wildman–Crippen LogP) is 3.63. The maximum absolute atomic E-state index is 5.50. The highest BCUT2D eigenvalue weighted by Gasteiger charge is 2.22. The third-order valence-electron chi connectivity index (χ3n) is 3.17. The fraction of sp³-hybridized carbons (Fsp3) is 0.500. The molecule has 108 valence electrons. The van der Waals surface area contributed by atoms with E-state index in [1.807, 2.05) is 24.3 Å². The highest BCUT2D eigenvalue weighted by Crippen LogP contribution is 2.25. The van der Waals surface area contributed by atoms with Crippen LogP contribution in [0, 0.1) is 5.41 Å². The van der Waals surface area contributed by atoms with Crippen LogP contribution >= 0.6 is 0 Å². The lowest BCUT2D eigenvalue weighted by atomic mass is 9.87. The summed E-state index contributed by atoms with van der Waals surface area (Å²) in [5.74, 6) is 1.64. The maximum Gasteiger partial charge on any atom is 0.189 e. The fourth-order valence-electron chi connectivity index (χ4n) is 1.91. The smallest absolute Gasteiger partial charge is 0.189 e. The molecule has 1 heterocycles. The molecule has 1 aliphatic heterocycles. The summed E-state index contributed by atoms with van der Waals surface area (Å²) in [6.07, 6.45) is 0.676. The first-order chi connectivity index (χ1) is 9.49. The van der Waals surface area contributed by atoms with E-state index in [1.165, 1.54) is 0 Å². The zero-order valence-corrected chi connectivity index (χ0v) is 12.6. The van der Waals surface area contributed by atoms with E-state index in [4.69, 9.17) is 14.5 Å². The molecule has 0 amide bonds. The Morgan fingerprint density at radius 2 is 2.00 bits per heavy atom. The zero-order chi connectivity index (χ0) is 14.6. The molecule has 0 bridgehead atoms. The summed E-state index contributed by atoms with van der Waals surface area (Å²) in [6.45, 7) is 7.92. The van der Waals surface area contributed by atoms with Gasteiger partial charge in [-0.15, -0.1) is 0 Å². The van der Waals surface area contributed by atoms with Gasteiger partial charge in [-0.3, -0.25) is 9.98 Å². The molecule has 0 spiro atoms. The number of hydrogen-bond acceptors (Lipinski definition) is 4. The van der Waals surface area contributed by atoms with Crippen molar-refractivity contribution in [2.75, 3.05) is 20.3 Å². The Balaban J connectivity index is 2.22. The summed E-state index contributed by atoms with van der Waals surface area (Å²) in [5.41, 5.74) is 1.98. The van der Waals surface area contributed by atoms with Crippen LogP contribution in [0.5, 0.6) is 5.75 Å². The van der Waals surface area contributed by atoms with Gasteiger partial charge in [0.15, 0.2) is 5.90 Å². The first kappa shape index (κ1) is 14.6. The highest BCUT2D eigenvalue weighted by atomic mass is 16.5. The quantitative estimate of drug-likeness (QED) is 0.787. The first-order valence-electron chi connectivity index (χ1n) is 6.87. The number of hydrogen-bond donors (Lipinski definition) is 0. The summed E-state index contributed by atoms with van der Waals surface area (Å²) in [6, 6.07) is 7.76. The molecule has 0 aliphatic carbocycles. The number of benzene rings is 1. The molecule has 4 nitrogen and oxygen atoms in total. The van der Waals surface area contributed by atoms with Crippen LogP contribution in [0.15, 0.2) is 34.3 Å². The van der Waals surface area contributed by atoms with Crippen LogP contribution in [0.3, 0.4) is 0 Å². The van der Waals surface area contributed by atoms with Crippen molar-refractivity contribution >= 4 is 17.3 Å². The predicted molar refractivity (Wildman–Crippen MR) is 82.4 cm³/mol. The number of methoxy groups -OCH3 is 1. The van der Waals surface area contributed by atoms with E-state index in [-0.39, 0.29) is 5.41 Å². The Kier molecular flexibility index (Phi) is 4.42. The summed E-state index contributed by atoms with van der Waals surface area (Å²) in [4.78, 5) is 9.12. The molecule has 0 aromatic heterocycles. The Morgan fingerprint density at radius 3 is 2.50 bits per heavy atom. The summed E-state index contributed by atoms with van der Waals surface area (Å²) < 4.78 is 10.7. The lowest BCUT2D eigenvalue weighted by Gasteiger charge is -2.21. The molecule has 0 N–H and O–H groups in total. The molecule has 0 saturated heterocycles. The van der Waals surface area contributed by atoms with Crippen molar-refractivity contribution in [1.29, 1.82) is 0 Å². The first-order valence-corrected chi connectivity index (χ1v) is 6.87. The van der Waals surface area contributed by atoms with E-state index in [0.717, 1.165) is 29.6 Å². The summed E-state index contributed by atoms with van der Waals surface area (Å²) in [5, 5.41) is 0. The fourth-order valence-corrected chi connectivity index (χ4v) is 1.91. The number of ether oxygens (including phenoxy) is 2. The van der Waals surface area contributed by atoms with Crippen molar-refractivity contribution in [1.82, 2.24) is 0 Å². The molecule has 1 aromatic carbocycles. The molecule has 0 atom stereocenters. The van der Waals surface area contributed by atoms with Gasteiger partial charge in [0.05, 0.1) is 25.8 Å². The van der Waals surface area contributed by atoms with Crippen LogP contribution < -0.4 is 4.74 Å². The normalized spacial score (nSPS) is 15.8. The standard InChI is InChI=1S/C16H22N2O2/c1-16(2,3)14(11-15-17-9-10-20-15)18-12-5-7-13(19-4)8-6-12/h5-8H,9-11H2,1-4H3. The van der Waals surface area contributed by atoms with E-state index >= 15 is 0 Å². The minimum atomic E-state index is -0.0194. The van der Waals surface area contributed by atoms with Crippen LogP contribution in [-0.2, 0) is 4.74 Å². The van der Waals surface area contributed by atoms with E-state index < -0.39 is 0 Å². The van der Waals surface area contributed by atoms with Gasteiger partial charge in [-0.1, -0.05) is 20.8 Å². The minimum absolute atomic E-state index is 0.0194. The lowest BCUT2D eigenvalue weighted by molar-refractivity contribution is 0.341. The monoisotopic (exact) mass is 274 g/mol. The van der Waals surface area contributed by atoms with Crippen LogP contribution in [0.1, 0.15) is 27.2 Å². The Morgan fingerprint density at radius 1 is 1.30 bits per heavy atom. The number of rotatable bonds is 4. The van der Waals surface area contributed by atoms with Gasteiger partial charge in [0.25, 0.3) is 0 Å². The molecular formula is C16H22N2O2. The zero-order valence-electron chi connectivity index (χ0n) is 12.6. The molecule has 0 unspecified atom stereocenters. The van der Waals surface area contributed by atoms with E-state index in [0.29, 0.717) is 13.0 Å². The minimum Gasteiger partial charge on any atom is -0.497 e. The van der Waals surface area contributed by atoms with E-state index in [1.54, 1.807) is 7.11 Å². The Hall–Kier alpha value is -1.84. The molecule has 1 aromatic rings.